The van der Waals surface area contributed by atoms with Crippen molar-refractivity contribution in [3.05, 3.63) is 23.2 Å². The van der Waals surface area contributed by atoms with Crippen molar-refractivity contribution in [2.24, 2.45) is 0 Å². The quantitative estimate of drug-likeness (QED) is 0.127. The molecule has 0 aliphatic carbocycles. The molecule has 1 aliphatic rings. The minimum absolute atomic E-state index is 0.180. The minimum Gasteiger partial charge on any atom is -0.497 e. The Morgan fingerprint density at radius 3 is 1.37 bits per heavy atom. The van der Waals surface area contributed by atoms with Gasteiger partial charge in [0.25, 0.3) is 9.05 Å². The molecule has 0 aromatic heterocycles. The maximum absolute atomic E-state index is 13.9. The van der Waals surface area contributed by atoms with Gasteiger partial charge in [0.1, 0.15) is 5.76 Å². The summed E-state index contributed by atoms with van der Waals surface area (Å²) in [6.07, 6.45) is -8.20. The van der Waals surface area contributed by atoms with Gasteiger partial charge in [0.15, 0.2) is 0 Å². The molecule has 1 fully saturated rings. The zero-order chi connectivity index (χ0) is 33.2. The van der Waals surface area contributed by atoms with Gasteiger partial charge in [-0.3, -0.25) is 0 Å². The third-order valence-corrected chi connectivity index (χ3v) is 6.48. The molecule has 41 heavy (non-hydrogen) atoms. The molecule has 4 nitrogen and oxygen atoms in total. The second kappa shape index (κ2) is 10.3. The molecule has 0 amide bonds. The summed E-state index contributed by atoms with van der Waals surface area (Å²) in [5.41, 5.74) is -4.15. The van der Waals surface area contributed by atoms with E-state index < -0.39 is 85.3 Å². The molecule has 0 aromatic carbocycles. The summed E-state index contributed by atoms with van der Waals surface area (Å²) >= 11 is 0. The van der Waals surface area contributed by atoms with Crippen molar-refractivity contribution in [2.45, 2.75) is 66.4 Å². The fraction of sp³-hybridized carbons (Fsp3) is 0.750. The summed E-state index contributed by atoms with van der Waals surface area (Å²) in [4.78, 5) is 0. The molecule has 0 saturated carbocycles. The van der Waals surface area contributed by atoms with Crippen LogP contribution in [0.1, 0.15) is 13.3 Å². The Kier molecular flexibility index (Phi) is 9.31. The predicted octanol–water partition coefficient (Wildman–Crippen LogP) is 7.71. The summed E-state index contributed by atoms with van der Waals surface area (Å²) < 4.78 is 284. The van der Waals surface area contributed by atoms with Crippen LogP contribution in [-0.2, 0) is 18.5 Å². The molecule has 1 unspecified atom stereocenters. The summed E-state index contributed by atoms with van der Waals surface area (Å²) in [5.74, 6) is -66.0. The van der Waals surface area contributed by atoms with Crippen molar-refractivity contribution in [2.75, 3.05) is 6.61 Å². The number of hydrogen-bond donors (Lipinski definition) is 0. The van der Waals surface area contributed by atoms with Crippen LogP contribution in [0.3, 0.4) is 0 Å². The monoisotopic (exact) mass is 692 g/mol. The van der Waals surface area contributed by atoms with E-state index in [-0.39, 0.29) is 13.0 Å². The molecule has 1 rings (SSSR count). The van der Waals surface area contributed by atoms with E-state index in [0.29, 0.717) is 6.92 Å². The standard InChI is InChI=1S/C16H8ClF19O4S/c1-4(5-2-3-39-5)8(41(17,37)38)40-7(19)6(18)9(20,21)10(22,23)11(24,25)12(26,27)13(28,29)14(30,31)15(32,33)16(34,35)36/h8H,2-3H2,1H3. The van der Waals surface area contributed by atoms with Gasteiger partial charge in [-0.05, 0) is 6.92 Å². The number of hydrogen-bond acceptors (Lipinski definition) is 4. The Morgan fingerprint density at radius 2 is 1.07 bits per heavy atom. The van der Waals surface area contributed by atoms with Gasteiger partial charge in [0, 0.05) is 22.7 Å². The van der Waals surface area contributed by atoms with Crippen molar-refractivity contribution in [3.8, 4) is 0 Å². The average Bonchev–Trinajstić information content (AvgIpc) is 2.72. The smallest absolute Gasteiger partial charge is 0.460 e. The lowest BCUT2D eigenvalue weighted by Crippen LogP contribution is -2.74. The summed E-state index contributed by atoms with van der Waals surface area (Å²) in [7, 11) is -0.722. The van der Waals surface area contributed by atoms with Crippen LogP contribution < -0.4 is 0 Å². The summed E-state index contributed by atoms with van der Waals surface area (Å²) in [5, 5.41) is 0. The number of halogens is 20. The highest BCUT2D eigenvalue weighted by molar-refractivity contribution is 8.14. The van der Waals surface area contributed by atoms with Crippen molar-refractivity contribution in [3.63, 3.8) is 0 Å². The molecule has 0 aromatic rings. The van der Waals surface area contributed by atoms with Crippen LogP contribution >= 0.6 is 10.7 Å². The minimum atomic E-state index is -9.03. The molecule has 242 valence electrons. The Hall–Kier alpha value is -2.01. The van der Waals surface area contributed by atoms with Crippen molar-refractivity contribution >= 4 is 19.7 Å². The first-order valence-corrected chi connectivity index (χ1v) is 11.8. The number of rotatable bonds is 11. The van der Waals surface area contributed by atoms with E-state index >= 15 is 0 Å². The van der Waals surface area contributed by atoms with E-state index in [1.807, 2.05) is 0 Å². The Bertz CT molecular complexity index is 1180. The average molecular weight is 693 g/mol. The first kappa shape index (κ1) is 37.0. The molecular weight excluding hydrogens is 685 g/mol. The Morgan fingerprint density at radius 1 is 0.732 bits per heavy atom. The lowest BCUT2D eigenvalue weighted by atomic mass is 9.88. The van der Waals surface area contributed by atoms with Crippen molar-refractivity contribution in [1.29, 1.82) is 0 Å². The van der Waals surface area contributed by atoms with Gasteiger partial charge in [0.05, 0.1) is 6.61 Å². The molecule has 0 N–H and O–H groups in total. The van der Waals surface area contributed by atoms with Crippen LogP contribution in [0, 0.1) is 0 Å². The van der Waals surface area contributed by atoms with Crippen molar-refractivity contribution < 1.29 is 101 Å². The van der Waals surface area contributed by atoms with Crippen LogP contribution in [0.25, 0.3) is 0 Å². The molecule has 1 saturated heterocycles. The molecule has 1 atom stereocenters. The second-order valence-corrected chi connectivity index (χ2v) is 10.4. The fourth-order valence-electron chi connectivity index (χ4n) is 2.57. The normalized spacial score (nSPS) is 19.6. The number of allylic oxidation sites excluding steroid dienone is 1. The van der Waals surface area contributed by atoms with Gasteiger partial charge in [-0.15, -0.1) is 0 Å². The van der Waals surface area contributed by atoms with Crippen molar-refractivity contribution in [1.82, 2.24) is 0 Å². The lowest BCUT2D eigenvalue weighted by molar-refractivity contribution is -0.460. The van der Waals surface area contributed by atoms with Gasteiger partial charge in [-0.2, -0.15) is 83.4 Å². The summed E-state index contributed by atoms with van der Waals surface area (Å²) in [6.45, 7) is 0.408. The van der Waals surface area contributed by atoms with Crippen LogP contribution in [-0.4, -0.2) is 68.1 Å². The van der Waals surface area contributed by atoms with Crippen LogP contribution in [0.15, 0.2) is 23.2 Å². The highest BCUT2D eigenvalue weighted by atomic mass is 35.7. The van der Waals surface area contributed by atoms with E-state index in [9.17, 15) is 91.8 Å². The lowest BCUT2D eigenvalue weighted by Gasteiger charge is -2.42. The van der Waals surface area contributed by atoms with Gasteiger partial charge in [0.2, 0.25) is 11.3 Å². The van der Waals surface area contributed by atoms with Crippen LogP contribution in [0.4, 0.5) is 83.4 Å². The number of alkyl halides is 17. The van der Waals surface area contributed by atoms with Crippen LogP contribution in [0.2, 0.25) is 0 Å². The van der Waals surface area contributed by atoms with E-state index in [2.05, 4.69) is 9.47 Å². The topological polar surface area (TPSA) is 52.6 Å². The van der Waals surface area contributed by atoms with Gasteiger partial charge in [-0.1, -0.05) is 0 Å². The fourth-order valence-corrected chi connectivity index (χ4v) is 3.84. The third-order valence-electron chi connectivity index (χ3n) is 5.04. The van der Waals surface area contributed by atoms with E-state index in [0.717, 1.165) is 0 Å². The molecule has 25 heteroatoms. The maximum atomic E-state index is 13.9. The van der Waals surface area contributed by atoms with E-state index in [4.69, 9.17) is 10.7 Å². The molecule has 0 radical (unpaired) electrons. The third kappa shape index (κ3) is 5.45. The Balaban J connectivity index is 3.72. The molecular formula is C16H8ClF19O4S. The highest BCUT2D eigenvalue weighted by Gasteiger charge is 2.95. The Labute approximate surface area is 218 Å². The SMILES string of the molecule is CC(=C1CCO1)C(OC(F)=C(F)C(F)(F)C(F)(F)C(F)(F)C(F)(F)C(F)(F)C(F)(F)C(F)(F)C(F)(F)F)S(=O)(=O)Cl. The van der Waals surface area contributed by atoms with Crippen LogP contribution in [0.5, 0.6) is 0 Å². The predicted molar refractivity (Wildman–Crippen MR) is 92.8 cm³/mol. The first-order valence-electron chi connectivity index (χ1n) is 9.39. The van der Waals surface area contributed by atoms with E-state index in [1.165, 1.54) is 0 Å². The largest absolute Gasteiger partial charge is 0.497 e. The zero-order valence-corrected chi connectivity index (χ0v) is 20.2. The molecule has 1 aliphatic heterocycles. The molecule has 0 spiro atoms. The highest BCUT2D eigenvalue weighted by Crippen LogP contribution is 2.64. The zero-order valence-electron chi connectivity index (χ0n) is 18.6. The van der Waals surface area contributed by atoms with Gasteiger partial charge < -0.3 is 9.47 Å². The maximum Gasteiger partial charge on any atom is 0.460 e. The van der Waals surface area contributed by atoms with Gasteiger partial charge in [-0.25, -0.2) is 8.42 Å². The second-order valence-electron chi connectivity index (χ2n) is 7.74. The molecule has 0 bridgehead atoms. The molecule has 1 heterocycles. The number of ether oxygens (including phenoxy) is 2. The summed E-state index contributed by atoms with van der Waals surface area (Å²) in [6, 6.07) is -4.00. The first-order chi connectivity index (χ1) is 17.7. The van der Waals surface area contributed by atoms with E-state index in [1.54, 1.807) is 0 Å². The van der Waals surface area contributed by atoms with Gasteiger partial charge >= 0.3 is 53.6 Å².